The van der Waals surface area contributed by atoms with Crippen molar-refractivity contribution in [3.05, 3.63) is 71.7 Å². The molecular formula is C28H23N2O4+. The minimum Gasteiger partial charge on any atom is -0.493 e. The van der Waals surface area contributed by atoms with Gasteiger partial charge in [0.15, 0.2) is 35.7 Å². The fourth-order valence-corrected chi connectivity index (χ4v) is 5.64. The predicted octanol–water partition coefficient (Wildman–Crippen LogP) is 4.72. The van der Waals surface area contributed by atoms with Crippen LogP contribution in [0.15, 0.2) is 55.0 Å². The van der Waals surface area contributed by atoms with Crippen LogP contribution in [0, 0.1) is 0 Å². The van der Waals surface area contributed by atoms with Crippen LogP contribution in [0.5, 0.6) is 23.0 Å². The third-order valence-corrected chi connectivity index (χ3v) is 7.06. The fourth-order valence-electron chi connectivity index (χ4n) is 5.64. The Morgan fingerprint density at radius 2 is 1.94 bits per heavy atom. The Hall–Kier alpha value is -4.06. The highest BCUT2D eigenvalue weighted by Gasteiger charge is 2.31. The van der Waals surface area contributed by atoms with Crippen molar-refractivity contribution in [2.75, 3.05) is 21.0 Å². The first kappa shape index (κ1) is 19.4. The zero-order valence-electron chi connectivity index (χ0n) is 19.1. The van der Waals surface area contributed by atoms with Gasteiger partial charge in [-0.15, -0.1) is 0 Å². The molecule has 0 aliphatic carbocycles. The number of benzene rings is 3. The van der Waals surface area contributed by atoms with Gasteiger partial charge in [0, 0.05) is 29.6 Å². The molecule has 0 spiro atoms. The van der Waals surface area contributed by atoms with Gasteiger partial charge in [-0.05, 0) is 53.4 Å². The number of hydrogen-bond donors (Lipinski definition) is 0. The van der Waals surface area contributed by atoms with Crippen LogP contribution >= 0.6 is 0 Å². The summed E-state index contributed by atoms with van der Waals surface area (Å²) in [5.74, 6) is 3.18. The van der Waals surface area contributed by atoms with E-state index in [-0.39, 0.29) is 6.79 Å². The normalized spacial score (nSPS) is 13.8. The molecule has 2 aliphatic rings. The minimum absolute atomic E-state index is 0.257. The molecule has 5 aromatic rings. The van der Waals surface area contributed by atoms with Crippen molar-refractivity contribution in [3.63, 3.8) is 0 Å². The van der Waals surface area contributed by atoms with Crippen molar-refractivity contribution < 1.29 is 23.5 Å². The van der Waals surface area contributed by atoms with E-state index in [0.29, 0.717) is 0 Å². The summed E-state index contributed by atoms with van der Waals surface area (Å²) < 4.78 is 25.6. The summed E-state index contributed by atoms with van der Waals surface area (Å²) in [5, 5.41) is 5.79. The van der Waals surface area contributed by atoms with Crippen LogP contribution in [0.25, 0.3) is 32.4 Å². The molecule has 0 saturated carbocycles. The van der Waals surface area contributed by atoms with Crippen LogP contribution < -0.4 is 23.5 Å². The Bertz CT molecular complexity index is 1630. The van der Waals surface area contributed by atoms with E-state index < -0.39 is 0 Å². The minimum atomic E-state index is 0.257. The Balaban J connectivity index is 1.66. The first-order valence-electron chi connectivity index (χ1n) is 11.4. The Morgan fingerprint density at radius 3 is 2.76 bits per heavy atom. The largest absolute Gasteiger partial charge is 0.493 e. The van der Waals surface area contributed by atoms with E-state index in [1.807, 2.05) is 24.5 Å². The summed E-state index contributed by atoms with van der Waals surface area (Å²) in [6.07, 6.45) is 7.62. The molecule has 6 nitrogen and oxygen atoms in total. The standard InChI is InChI=1S/C28H23N2O4/c1-31-22-6-5-19-20-11-18(10-16-4-3-8-29-13-16)25-24-17(12-23-28(25)34-15-33-23)7-9-30(26(20)24)14-21(19)27(22)32-2/h3-6,8,11-14H,7,9-10,15H2,1-2H3/q+1. The van der Waals surface area contributed by atoms with E-state index in [4.69, 9.17) is 18.9 Å². The molecule has 2 aromatic heterocycles. The van der Waals surface area contributed by atoms with E-state index in [2.05, 4.69) is 40.0 Å². The second-order valence-electron chi connectivity index (χ2n) is 8.82. The molecule has 0 saturated heterocycles. The lowest BCUT2D eigenvalue weighted by atomic mass is 9.88. The molecule has 0 amide bonds. The molecule has 0 unspecified atom stereocenters. The summed E-state index contributed by atoms with van der Waals surface area (Å²) in [4.78, 5) is 4.34. The molecule has 0 bridgehead atoms. The van der Waals surface area contributed by atoms with Crippen molar-refractivity contribution in [1.82, 2.24) is 4.98 Å². The SMILES string of the molecule is COc1ccc2c(c[n+]3c4c2cc(Cc2cccnc2)c2c5c(cc(c24)CC3)OCO5)c1OC. The third-order valence-electron chi connectivity index (χ3n) is 7.06. The zero-order chi connectivity index (χ0) is 22.8. The summed E-state index contributed by atoms with van der Waals surface area (Å²) >= 11 is 0. The van der Waals surface area contributed by atoms with Gasteiger partial charge in [-0.25, -0.2) is 0 Å². The number of fused-ring (bicyclic) bond motifs is 4. The van der Waals surface area contributed by atoms with Crippen LogP contribution in [0.1, 0.15) is 16.7 Å². The predicted molar refractivity (Wildman–Crippen MR) is 129 cm³/mol. The molecule has 4 heterocycles. The van der Waals surface area contributed by atoms with E-state index in [0.717, 1.165) is 64.1 Å². The van der Waals surface area contributed by atoms with Crippen molar-refractivity contribution in [2.45, 2.75) is 19.4 Å². The van der Waals surface area contributed by atoms with E-state index >= 15 is 0 Å². The van der Waals surface area contributed by atoms with Gasteiger partial charge in [-0.2, -0.15) is 4.57 Å². The number of hydrogen-bond acceptors (Lipinski definition) is 5. The van der Waals surface area contributed by atoms with Gasteiger partial charge in [0.05, 0.1) is 30.4 Å². The van der Waals surface area contributed by atoms with Gasteiger partial charge < -0.3 is 18.9 Å². The monoisotopic (exact) mass is 451 g/mol. The van der Waals surface area contributed by atoms with Gasteiger partial charge >= 0.3 is 0 Å². The second kappa shape index (κ2) is 7.22. The number of ether oxygens (including phenoxy) is 4. The lowest BCUT2D eigenvalue weighted by Gasteiger charge is -2.20. The maximum atomic E-state index is 6.03. The van der Waals surface area contributed by atoms with Crippen LogP contribution in [0.3, 0.4) is 0 Å². The van der Waals surface area contributed by atoms with Crippen LogP contribution in [-0.4, -0.2) is 26.0 Å². The van der Waals surface area contributed by atoms with Gasteiger partial charge in [-0.3, -0.25) is 4.98 Å². The van der Waals surface area contributed by atoms with Gasteiger partial charge in [0.25, 0.3) is 0 Å². The van der Waals surface area contributed by atoms with Crippen molar-refractivity contribution in [2.24, 2.45) is 0 Å². The summed E-state index contributed by atoms with van der Waals surface area (Å²) in [5.41, 5.74) is 4.89. The van der Waals surface area contributed by atoms with Gasteiger partial charge in [-0.1, -0.05) is 6.07 Å². The number of rotatable bonds is 4. The van der Waals surface area contributed by atoms with E-state index in [1.54, 1.807) is 14.2 Å². The van der Waals surface area contributed by atoms with Gasteiger partial charge in [0.1, 0.15) is 0 Å². The van der Waals surface area contributed by atoms with Crippen molar-refractivity contribution >= 4 is 32.4 Å². The number of aryl methyl sites for hydroxylation is 2. The molecular weight excluding hydrogens is 428 g/mol. The molecule has 34 heavy (non-hydrogen) atoms. The molecule has 2 aliphatic heterocycles. The number of pyridine rings is 2. The molecule has 168 valence electrons. The Morgan fingerprint density at radius 1 is 1.00 bits per heavy atom. The molecule has 0 N–H and O–H groups in total. The van der Waals surface area contributed by atoms with Crippen LogP contribution in [0.2, 0.25) is 0 Å². The average Bonchev–Trinajstić information content (AvgIpc) is 3.35. The highest BCUT2D eigenvalue weighted by molar-refractivity contribution is 6.18. The van der Waals surface area contributed by atoms with Crippen LogP contribution in [0.4, 0.5) is 0 Å². The highest BCUT2D eigenvalue weighted by Crippen LogP contribution is 2.48. The molecule has 3 aromatic carbocycles. The van der Waals surface area contributed by atoms with Gasteiger partial charge in [0.2, 0.25) is 12.3 Å². The number of nitrogens with zero attached hydrogens (tertiary/aromatic N) is 2. The van der Waals surface area contributed by atoms with E-state index in [9.17, 15) is 0 Å². The maximum absolute atomic E-state index is 6.03. The molecule has 7 rings (SSSR count). The average molecular weight is 452 g/mol. The Labute approximate surface area is 196 Å². The Kier molecular flexibility index (Phi) is 4.12. The zero-order valence-corrected chi connectivity index (χ0v) is 19.1. The smallest absolute Gasteiger partial charge is 0.231 e. The first-order chi connectivity index (χ1) is 16.8. The van der Waals surface area contributed by atoms with E-state index in [1.165, 1.54) is 27.4 Å². The maximum Gasteiger partial charge on any atom is 0.231 e. The van der Waals surface area contributed by atoms with Crippen molar-refractivity contribution in [3.8, 4) is 23.0 Å². The quantitative estimate of drug-likeness (QED) is 0.292. The van der Waals surface area contributed by atoms with Crippen molar-refractivity contribution in [1.29, 1.82) is 0 Å². The molecule has 0 radical (unpaired) electrons. The molecule has 6 heteroatoms. The highest BCUT2D eigenvalue weighted by atomic mass is 16.7. The fraction of sp³-hybridized carbons (Fsp3) is 0.214. The topological polar surface area (TPSA) is 53.7 Å². The second-order valence-corrected chi connectivity index (χ2v) is 8.82. The lowest BCUT2D eigenvalue weighted by molar-refractivity contribution is -0.670. The molecule has 0 atom stereocenters. The number of methoxy groups -OCH3 is 2. The lowest BCUT2D eigenvalue weighted by Crippen LogP contribution is -2.38. The molecule has 0 fully saturated rings. The number of aromatic nitrogens is 2. The first-order valence-corrected chi connectivity index (χ1v) is 11.4. The van der Waals surface area contributed by atoms with Crippen LogP contribution in [-0.2, 0) is 19.4 Å². The summed E-state index contributed by atoms with van der Waals surface area (Å²) in [7, 11) is 3.38. The summed E-state index contributed by atoms with van der Waals surface area (Å²) in [6.45, 7) is 1.14. The third kappa shape index (κ3) is 2.62. The summed E-state index contributed by atoms with van der Waals surface area (Å²) in [6, 6.07) is 12.7.